The minimum Gasteiger partial charge on any atom is -0.756 e. The van der Waals surface area contributed by atoms with Crippen LogP contribution in [0.5, 0.6) is 0 Å². The van der Waals surface area contributed by atoms with Crippen LogP contribution in [0.2, 0.25) is 0 Å². The molecule has 28 heavy (non-hydrogen) atoms. The highest BCUT2D eigenvalue weighted by Gasteiger charge is 2.51. The fraction of sp³-hybridized carbons (Fsp3) is 0.667. The Morgan fingerprint density at radius 2 is 2.07 bits per heavy atom. The number of fused-ring (bicyclic) bond motifs is 2. The van der Waals surface area contributed by atoms with Gasteiger partial charge in [0.15, 0.2) is 23.2 Å². The smallest absolute Gasteiger partial charge is 0.268 e. The third kappa shape index (κ3) is 2.88. The van der Waals surface area contributed by atoms with Crippen molar-refractivity contribution in [2.24, 2.45) is 0 Å². The normalized spacial score (nSPS) is 36.0. The molecule has 0 saturated carbocycles. The lowest BCUT2D eigenvalue weighted by Gasteiger charge is -2.34. The van der Waals surface area contributed by atoms with Crippen LogP contribution < -0.4 is 15.5 Å². The van der Waals surface area contributed by atoms with Crippen molar-refractivity contribution in [1.82, 2.24) is 19.5 Å². The standard InChI is InChI=1S/C15H21N6O6P/c16-12-9-13(18-7-17-12)21(15(19-9)20-4-2-1-3-5-20)14-10(22)11-8(26-14)6-25-28(23,24)27-11/h7-8,10-11,14,22H,1-6H2,(H,23,24)(H2,16,17,18)/p-1. The van der Waals surface area contributed by atoms with E-state index < -0.39 is 32.4 Å². The molecule has 0 spiro atoms. The van der Waals surface area contributed by atoms with Gasteiger partial charge in [-0.25, -0.2) is 15.0 Å². The summed E-state index contributed by atoms with van der Waals surface area (Å²) in [6, 6.07) is 0. The molecule has 0 aliphatic carbocycles. The minimum atomic E-state index is -4.46. The van der Waals surface area contributed by atoms with Gasteiger partial charge in [-0.1, -0.05) is 0 Å². The Morgan fingerprint density at radius 1 is 1.29 bits per heavy atom. The Hall–Kier alpha value is -1.82. The SMILES string of the molecule is Nc1ncnc2c1nc(N1CCCCC1)n2C1OC2COP(=O)([O-])OC2C1O. The Morgan fingerprint density at radius 3 is 2.86 bits per heavy atom. The lowest BCUT2D eigenvalue weighted by Crippen LogP contribution is -2.41. The number of hydrogen-bond acceptors (Lipinski definition) is 11. The van der Waals surface area contributed by atoms with Crippen molar-refractivity contribution in [2.75, 3.05) is 30.3 Å². The summed E-state index contributed by atoms with van der Waals surface area (Å²) >= 11 is 0. The largest absolute Gasteiger partial charge is 0.756 e. The first-order valence-corrected chi connectivity index (χ1v) is 10.6. The number of aliphatic hydroxyl groups excluding tert-OH is 1. The predicted octanol–water partition coefficient (Wildman–Crippen LogP) is -0.459. The molecule has 3 aliphatic heterocycles. The maximum absolute atomic E-state index is 11.7. The highest BCUT2D eigenvalue weighted by atomic mass is 31.2. The van der Waals surface area contributed by atoms with E-state index in [9.17, 15) is 14.6 Å². The summed E-state index contributed by atoms with van der Waals surface area (Å²) in [5, 5.41) is 10.8. The Bertz CT molecular complexity index is 948. The van der Waals surface area contributed by atoms with Gasteiger partial charge in [0.25, 0.3) is 7.82 Å². The first-order valence-electron chi connectivity index (χ1n) is 9.15. The number of aromatic nitrogens is 4. The van der Waals surface area contributed by atoms with Crippen LogP contribution in [0.3, 0.4) is 0 Å². The van der Waals surface area contributed by atoms with E-state index in [1.165, 1.54) is 6.33 Å². The molecule has 5 rings (SSSR count). The molecule has 5 unspecified atom stereocenters. The average Bonchev–Trinajstić information content (AvgIpc) is 3.21. The second-order valence-electron chi connectivity index (χ2n) is 7.13. The Kier molecular flexibility index (Phi) is 4.30. The van der Waals surface area contributed by atoms with Gasteiger partial charge in [0.2, 0.25) is 5.95 Å². The molecular formula is C15H20N6O6P-. The molecule has 2 aromatic heterocycles. The summed E-state index contributed by atoms with van der Waals surface area (Å²) in [4.78, 5) is 26.6. The molecule has 5 heterocycles. The number of ether oxygens (including phenoxy) is 1. The molecule has 152 valence electrons. The van der Waals surface area contributed by atoms with Crippen molar-refractivity contribution in [2.45, 2.75) is 43.8 Å². The zero-order valence-electron chi connectivity index (χ0n) is 14.9. The first kappa shape index (κ1) is 18.2. The molecule has 0 radical (unpaired) electrons. The Balaban J connectivity index is 1.60. The van der Waals surface area contributed by atoms with Gasteiger partial charge in [-0.2, -0.15) is 0 Å². The number of imidazole rings is 1. The molecule has 0 aromatic carbocycles. The van der Waals surface area contributed by atoms with Crippen molar-refractivity contribution < 1.29 is 28.3 Å². The molecule has 5 atom stereocenters. The first-order chi connectivity index (χ1) is 13.4. The van der Waals surface area contributed by atoms with E-state index in [1.807, 2.05) is 0 Å². The van der Waals surface area contributed by atoms with Gasteiger partial charge >= 0.3 is 0 Å². The number of anilines is 2. The summed E-state index contributed by atoms with van der Waals surface area (Å²) in [6.45, 7) is 1.37. The fourth-order valence-electron chi connectivity index (χ4n) is 4.01. The van der Waals surface area contributed by atoms with Gasteiger partial charge in [0.1, 0.15) is 24.6 Å². The summed E-state index contributed by atoms with van der Waals surface area (Å²) in [6.07, 6.45) is 0.474. The van der Waals surface area contributed by atoms with Gasteiger partial charge in [-0.15, -0.1) is 0 Å². The van der Waals surface area contributed by atoms with Crippen LogP contribution in [0, 0.1) is 0 Å². The van der Waals surface area contributed by atoms with Crippen molar-refractivity contribution >= 4 is 30.8 Å². The van der Waals surface area contributed by atoms with Crippen LogP contribution in [-0.4, -0.2) is 62.6 Å². The van der Waals surface area contributed by atoms with E-state index in [1.54, 1.807) is 4.57 Å². The minimum absolute atomic E-state index is 0.218. The van der Waals surface area contributed by atoms with Gasteiger partial charge < -0.3 is 34.4 Å². The molecule has 3 aliphatic rings. The summed E-state index contributed by atoms with van der Waals surface area (Å²) in [7, 11) is -4.46. The topological polar surface area (TPSA) is 161 Å². The number of hydrogen-bond donors (Lipinski definition) is 2. The van der Waals surface area contributed by atoms with Gasteiger partial charge in [0, 0.05) is 13.1 Å². The van der Waals surface area contributed by atoms with E-state index in [2.05, 4.69) is 19.9 Å². The molecule has 13 heteroatoms. The van der Waals surface area contributed by atoms with Gasteiger partial charge in [-0.05, 0) is 19.3 Å². The number of nitrogens with two attached hydrogens (primary N) is 1. The van der Waals surface area contributed by atoms with Gasteiger partial charge in [-0.3, -0.25) is 9.13 Å². The zero-order chi connectivity index (χ0) is 19.5. The lowest BCUT2D eigenvalue weighted by molar-refractivity contribution is -0.245. The van der Waals surface area contributed by atoms with Crippen LogP contribution in [0.1, 0.15) is 25.5 Å². The molecule has 3 N–H and O–H groups in total. The van der Waals surface area contributed by atoms with Crippen LogP contribution in [0.25, 0.3) is 11.2 Å². The number of nitrogens with zero attached hydrogens (tertiary/aromatic N) is 5. The van der Waals surface area contributed by atoms with E-state index in [-0.39, 0.29) is 12.4 Å². The summed E-state index contributed by atoms with van der Waals surface area (Å²) in [5.74, 6) is 0.770. The van der Waals surface area contributed by atoms with Crippen LogP contribution >= 0.6 is 7.82 Å². The third-order valence-electron chi connectivity index (χ3n) is 5.34. The monoisotopic (exact) mass is 411 g/mol. The van der Waals surface area contributed by atoms with Crippen molar-refractivity contribution in [3.63, 3.8) is 0 Å². The third-order valence-corrected chi connectivity index (χ3v) is 6.30. The summed E-state index contributed by atoms with van der Waals surface area (Å²) in [5.41, 5.74) is 6.79. The molecule has 0 bridgehead atoms. The number of piperidine rings is 1. The molecule has 0 amide bonds. The highest BCUT2D eigenvalue weighted by Crippen LogP contribution is 2.50. The number of aliphatic hydroxyl groups is 1. The lowest BCUT2D eigenvalue weighted by atomic mass is 10.1. The van der Waals surface area contributed by atoms with Gasteiger partial charge in [0.05, 0.1) is 6.61 Å². The highest BCUT2D eigenvalue weighted by molar-refractivity contribution is 7.45. The molecule has 3 saturated heterocycles. The number of phosphoric acid groups is 1. The fourth-order valence-corrected chi connectivity index (χ4v) is 4.96. The van der Waals surface area contributed by atoms with Crippen molar-refractivity contribution in [1.29, 1.82) is 0 Å². The Labute approximate surface area is 159 Å². The van der Waals surface area contributed by atoms with Crippen molar-refractivity contribution in [3.8, 4) is 0 Å². The average molecular weight is 411 g/mol. The van der Waals surface area contributed by atoms with Crippen LogP contribution in [0.15, 0.2) is 6.33 Å². The number of nitrogen functional groups attached to an aromatic ring is 1. The maximum Gasteiger partial charge on any atom is 0.268 e. The molecule has 3 fully saturated rings. The van der Waals surface area contributed by atoms with E-state index in [0.29, 0.717) is 17.1 Å². The second-order valence-corrected chi connectivity index (χ2v) is 8.49. The number of phosphoric ester groups is 1. The number of rotatable bonds is 2. The maximum atomic E-state index is 11.7. The van der Waals surface area contributed by atoms with Crippen LogP contribution in [-0.2, 0) is 18.3 Å². The van der Waals surface area contributed by atoms with E-state index in [4.69, 9.17) is 19.5 Å². The second kappa shape index (κ2) is 6.61. The molecule has 2 aromatic rings. The van der Waals surface area contributed by atoms with E-state index >= 15 is 0 Å². The zero-order valence-corrected chi connectivity index (χ0v) is 15.8. The van der Waals surface area contributed by atoms with Crippen molar-refractivity contribution in [3.05, 3.63) is 6.33 Å². The molecule has 12 nitrogen and oxygen atoms in total. The quantitative estimate of drug-likeness (QED) is 0.615. The predicted molar refractivity (Wildman–Crippen MR) is 94.1 cm³/mol. The van der Waals surface area contributed by atoms with Crippen LogP contribution in [0.4, 0.5) is 11.8 Å². The van der Waals surface area contributed by atoms with E-state index in [0.717, 1.165) is 32.4 Å². The molecular weight excluding hydrogens is 391 g/mol. The summed E-state index contributed by atoms with van der Waals surface area (Å²) < 4.78 is 28.9.